The van der Waals surface area contributed by atoms with Gasteiger partial charge in [-0.25, -0.2) is 9.78 Å². The zero-order chi connectivity index (χ0) is 31.5. The van der Waals surface area contributed by atoms with Crippen molar-refractivity contribution in [3.8, 4) is 0 Å². The monoisotopic (exact) mass is 592 g/mol. The maximum Gasteiger partial charge on any atom is 0.408 e. The highest BCUT2D eigenvalue weighted by Crippen LogP contribution is 2.11. The molecule has 0 aliphatic heterocycles. The molecule has 1 heterocycles. The molecule has 1 unspecified atom stereocenters. The third-order valence-electron chi connectivity index (χ3n) is 5.94. The standard InChI is InChI=1S/C31H40N6O6/c1-30(2,3)43-29(41)36-31(4,5)28(40)34-24(20-42-19-23-14-10-7-11-15-23)27(39)35-25-17-37(21-33-25)18-26(38)32-16-22-12-8-6-9-13-22/h6-15,17,21,24H,16,18-20H2,1-5H3,(H,32,38)(H,34,40)(H,35,39)(H,36,41). The number of benzene rings is 2. The van der Waals surface area contributed by atoms with Crippen LogP contribution in [0, 0.1) is 0 Å². The topological polar surface area (TPSA) is 153 Å². The molecule has 230 valence electrons. The van der Waals surface area contributed by atoms with Gasteiger partial charge in [-0.05, 0) is 45.7 Å². The third kappa shape index (κ3) is 11.6. The van der Waals surface area contributed by atoms with E-state index >= 15 is 0 Å². The molecule has 43 heavy (non-hydrogen) atoms. The Morgan fingerprint density at radius 1 is 0.907 bits per heavy atom. The lowest BCUT2D eigenvalue weighted by molar-refractivity contribution is -0.131. The molecular weight excluding hydrogens is 552 g/mol. The van der Waals surface area contributed by atoms with Gasteiger partial charge in [-0.15, -0.1) is 0 Å². The summed E-state index contributed by atoms with van der Waals surface area (Å²) < 4.78 is 12.6. The van der Waals surface area contributed by atoms with Crippen molar-refractivity contribution in [1.82, 2.24) is 25.5 Å². The van der Waals surface area contributed by atoms with E-state index in [2.05, 4.69) is 26.3 Å². The second-order valence-corrected chi connectivity index (χ2v) is 11.5. The Bertz CT molecular complexity index is 1370. The maximum absolute atomic E-state index is 13.3. The van der Waals surface area contributed by atoms with Crippen LogP contribution < -0.4 is 21.3 Å². The average Bonchev–Trinajstić information content (AvgIpc) is 3.37. The van der Waals surface area contributed by atoms with Gasteiger partial charge in [-0.1, -0.05) is 60.7 Å². The molecule has 4 N–H and O–H groups in total. The van der Waals surface area contributed by atoms with E-state index in [9.17, 15) is 19.2 Å². The molecule has 0 bridgehead atoms. The van der Waals surface area contributed by atoms with Crippen LogP contribution in [0.5, 0.6) is 0 Å². The predicted molar refractivity (Wildman–Crippen MR) is 161 cm³/mol. The van der Waals surface area contributed by atoms with Gasteiger partial charge < -0.3 is 35.3 Å². The third-order valence-corrected chi connectivity index (χ3v) is 5.94. The van der Waals surface area contributed by atoms with Gasteiger partial charge in [0.25, 0.3) is 5.91 Å². The van der Waals surface area contributed by atoms with Crippen LogP contribution in [0.3, 0.4) is 0 Å². The number of carbonyl (C=O) groups is 4. The van der Waals surface area contributed by atoms with E-state index in [1.165, 1.54) is 30.9 Å². The van der Waals surface area contributed by atoms with Crippen LogP contribution in [-0.2, 0) is 43.6 Å². The van der Waals surface area contributed by atoms with Crippen molar-refractivity contribution < 1.29 is 28.7 Å². The normalized spacial score (nSPS) is 12.1. The number of alkyl carbamates (subject to hydrolysis) is 1. The van der Waals surface area contributed by atoms with Crippen molar-refractivity contribution in [2.75, 3.05) is 11.9 Å². The van der Waals surface area contributed by atoms with E-state index in [1.54, 1.807) is 20.8 Å². The first-order valence-electron chi connectivity index (χ1n) is 13.9. The van der Waals surface area contributed by atoms with Gasteiger partial charge in [-0.3, -0.25) is 14.4 Å². The SMILES string of the molecule is CC(C)(C)OC(=O)NC(C)(C)C(=O)NC(COCc1ccccc1)C(=O)Nc1cn(CC(=O)NCc2ccccc2)cn1. The summed E-state index contributed by atoms with van der Waals surface area (Å²) in [6, 6.07) is 17.8. The van der Waals surface area contributed by atoms with Crippen LogP contribution in [0.2, 0.25) is 0 Å². The fourth-order valence-corrected chi connectivity index (χ4v) is 3.75. The lowest BCUT2D eigenvalue weighted by Crippen LogP contribution is -2.59. The number of nitrogens with one attached hydrogen (secondary N) is 4. The molecule has 0 radical (unpaired) electrons. The quantitative estimate of drug-likeness (QED) is 0.238. The number of nitrogens with zero attached hydrogens (tertiary/aromatic N) is 2. The molecule has 0 saturated heterocycles. The number of rotatable bonds is 13. The molecule has 1 atom stereocenters. The fraction of sp³-hybridized carbons (Fsp3) is 0.387. The van der Waals surface area contributed by atoms with Crippen LogP contribution in [0.4, 0.5) is 10.6 Å². The number of amides is 4. The smallest absolute Gasteiger partial charge is 0.408 e. The number of hydrogen-bond donors (Lipinski definition) is 4. The van der Waals surface area contributed by atoms with Gasteiger partial charge in [0.2, 0.25) is 11.8 Å². The Morgan fingerprint density at radius 2 is 1.53 bits per heavy atom. The molecule has 0 saturated carbocycles. The molecule has 0 aliphatic rings. The Balaban J connectivity index is 1.62. The highest BCUT2D eigenvalue weighted by molar-refractivity contribution is 5.98. The number of hydrogen-bond acceptors (Lipinski definition) is 7. The Labute approximate surface area is 251 Å². The minimum absolute atomic E-state index is 0.000575. The van der Waals surface area contributed by atoms with Gasteiger partial charge in [0.1, 0.15) is 23.7 Å². The van der Waals surface area contributed by atoms with Crippen molar-refractivity contribution >= 4 is 29.6 Å². The predicted octanol–water partition coefficient (Wildman–Crippen LogP) is 3.14. The van der Waals surface area contributed by atoms with Gasteiger partial charge in [0.05, 0.1) is 19.5 Å². The van der Waals surface area contributed by atoms with E-state index in [1.807, 2.05) is 60.7 Å². The Hall–Kier alpha value is -4.71. The molecule has 2 aromatic carbocycles. The Morgan fingerprint density at radius 3 is 2.16 bits per heavy atom. The first-order valence-corrected chi connectivity index (χ1v) is 13.9. The van der Waals surface area contributed by atoms with Crippen molar-refractivity contribution in [2.24, 2.45) is 0 Å². The van der Waals surface area contributed by atoms with E-state index in [0.717, 1.165) is 11.1 Å². The van der Waals surface area contributed by atoms with Gasteiger partial charge >= 0.3 is 6.09 Å². The largest absolute Gasteiger partial charge is 0.444 e. The number of aromatic nitrogens is 2. The van der Waals surface area contributed by atoms with Crippen LogP contribution >= 0.6 is 0 Å². The number of anilines is 1. The fourth-order valence-electron chi connectivity index (χ4n) is 3.75. The zero-order valence-electron chi connectivity index (χ0n) is 25.2. The molecule has 3 rings (SSSR count). The minimum atomic E-state index is -1.41. The van der Waals surface area contributed by atoms with Crippen molar-refractivity contribution in [3.63, 3.8) is 0 Å². The molecule has 0 aliphatic carbocycles. The van der Waals surface area contributed by atoms with Crippen LogP contribution in [0.25, 0.3) is 0 Å². The molecular formula is C31H40N6O6. The van der Waals surface area contributed by atoms with Crippen molar-refractivity contribution in [2.45, 2.75) is 71.5 Å². The molecule has 0 fully saturated rings. The second-order valence-electron chi connectivity index (χ2n) is 11.5. The van der Waals surface area contributed by atoms with Gasteiger partial charge in [0.15, 0.2) is 5.82 Å². The molecule has 0 spiro atoms. The van der Waals surface area contributed by atoms with E-state index < -0.39 is 35.1 Å². The summed E-state index contributed by atoms with van der Waals surface area (Å²) in [6.07, 6.45) is 2.16. The number of carbonyl (C=O) groups excluding carboxylic acids is 4. The van der Waals surface area contributed by atoms with Gasteiger partial charge in [0, 0.05) is 12.7 Å². The van der Waals surface area contributed by atoms with Crippen molar-refractivity contribution in [3.05, 3.63) is 84.3 Å². The lowest BCUT2D eigenvalue weighted by Gasteiger charge is -2.29. The highest BCUT2D eigenvalue weighted by atomic mass is 16.6. The lowest BCUT2D eigenvalue weighted by atomic mass is 10.0. The molecule has 3 aromatic rings. The van der Waals surface area contributed by atoms with E-state index in [0.29, 0.717) is 6.54 Å². The van der Waals surface area contributed by atoms with Crippen LogP contribution in [0.1, 0.15) is 45.7 Å². The van der Waals surface area contributed by atoms with E-state index in [-0.39, 0.29) is 31.5 Å². The molecule has 12 nitrogen and oxygen atoms in total. The van der Waals surface area contributed by atoms with Crippen LogP contribution in [0.15, 0.2) is 73.2 Å². The molecule has 4 amide bonds. The summed E-state index contributed by atoms with van der Waals surface area (Å²) in [5.41, 5.74) is -0.295. The summed E-state index contributed by atoms with van der Waals surface area (Å²) >= 11 is 0. The number of imidazole rings is 1. The zero-order valence-corrected chi connectivity index (χ0v) is 25.2. The summed E-state index contributed by atoms with van der Waals surface area (Å²) in [7, 11) is 0. The summed E-state index contributed by atoms with van der Waals surface area (Å²) in [5, 5.41) is 10.7. The van der Waals surface area contributed by atoms with Crippen LogP contribution in [-0.4, -0.2) is 57.2 Å². The van der Waals surface area contributed by atoms with E-state index in [4.69, 9.17) is 9.47 Å². The first-order chi connectivity index (χ1) is 20.3. The van der Waals surface area contributed by atoms with Crippen molar-refractivity contribution in [1.29, 1.82) is 0 Å². The average molecular weight is 593 g/mol. The number of ether oxygens (including phenoxy) is 2. The summed E-state index contributed by atoms with van der Waals surface area (Å²) in [5.74, 6) is -1.25. The highest BCUT2D eigenvalue weighted by Gasteiger charge is 2.34. The molecule has 1 aromatic heterocycles. The van der Waals surface area contributed by atoms with Gasteiger partial charge in [-0.2, -0.15) is 0 Å². The minimum Gasteiger partial charge on any atom is -0.444 e. The second kappa shape index (κ2) is 15.0. The summed E-state index contributed by atoms with van der Waals surface area (Å²) in [6.45, 7) is 8.58. The maximum atomic E-state index is 13.3. The molecule has 12 heteroatoms. The summed E-state index contributed by atoms with van der Waals surface area (Å²) in [4.78, 5) is 55.3. The first kappa shape index (κ1) is 32.8. The Kier molecular flexibility index (Phi) is 11.4.